The SMILES string of the molecule is CCC(=O)Oc1c(OC)c(OC)c(OC(=O)C(C)(C)C)c2c(C)cccc12. The first kappa shape index (κ1) is 20.6. The van der Waals surface area contributed by atoms with Crippen LogP contribution in [0.3, 0.4) is 0 Å². The minimum absolute atomic E-state index is 0.203. The number of fused-ring (bicyclic) bond motifs is 1. The number of hydrogen-bond donors (Lipinski definition) is 0. The van der Waals surface area contributed by atoms with E-state index in [1.807, 2.05) is 19.1 Å². The summed E-state index contributed by atoms with van der Waals surface area (Å²) >= 11 is 0. The molecule has 0 aromatic heterocycles. The van der Waals surface area contributed by atoms with Crippen LogP contribution < -0.4 is 18.9 Å². The standard InChI is InChI=1S/C21H26O6/c1-8-14(22)26-16-13-11-9-10-12(2)15(13)17(19(25-7)18(16)24-6)27-20(23)21(3,4)5/h9-11H,8H2,1-7H3. The third-order valence-corrected chi connectivity index (χ3v) is 4.08. The van der Waals surface area contributed by atoms with Gasteiger partial charge in [-0.25, -0.2) is 0 Å². The summed E-state index contributed by atoms with van der Waals surface area (Å²) in [6.45, 7) is 8.90. The summed E-state index contributed by atoms with van der Waals surface area (Å²) in [6.07, 6.45) is 0.208. The van der Waals surface area contributed by atoms with E-state index in [9.17, 15) is 9.59 Å². The average molecular weight is 374 g/mol. The molecule has 0 spiro atoms. The molecular weight excluding hydrogens is 348 g/mol. The van der Waals surface area contributed by atoms with Crippen LogP contribution in [0.4, 0.5) is 0 Å². The number of rotatable bonds is 5. The van der Waals surface area contributed by atoms with Crippen LogP contribution in [0.5, 0.6) is 23.0 Å². The van der Waals surface area contributed by atoms with Crippen LogP contribution >= 0.6 is 0 Å². The van der Waals surface area contributed by atoms with Crippen molar-refractivity contribution in [1.82, 2.24) is 0 Å². The van der Waals surface area contributed by atoms with Crippen molar-refractivity contribution < 1.29 is 28.5 Å². The molecule has 6 heteroatoms. The van der Waals surface area contributed by atoms with Crippen molar-refractivity contribution in [1.29, 1.82) is 0 Å². The second-order valence-corrected chi connectivity index (χ2v) is 7.19. The van der Waals surface area contributed by atoms with Gasteiger partial charge >= 0.3 is 11.9 Å². The molecule has 2 aromatic carbocycles. The summed E-state index contributed by atoms with van der Waals surface area (Å²) in [6, 6.07) is 5.51. The highest BCUT2D eigenvalue weighted by atomic mass is 16.6. The zero-order valence-corrected chi connectivity index (χ0v) is 16.9. The second-order valence-electron chi connectivity index (χ2n) is 7.19. The summed E-state index contributed by atoms with van der Waals surface area (Å²) in [5.74, 6) is 0.0855. The fourth-order valence-electron chi connectivity index (χ4n) is 2.60. The van der Waals surface area contributed by atoms with Crippen LogP contribution in [-0.2, 0) is 9.59 Å². The highest BCUT2D eigenvalue weighted by Gasteiger charge is 2.30. The number of esters is 2. The Labute approximate surface area is 159 Å². The van der Waals surface area contributed by atoms with Crippen molar-refractivity contribution in [3.8, 4) is 23.0 Å². The van der Waals surface area contributed by atoms with Crippen molar-refractivity contribution >= 4 is 22.7 Å². The number of benzene rings is 2. The van der Waals surface area contributed by atoms with Gasteiger partial charge in [0.2, 0.25) is 11.5 Å². The van der Waals surface area contributed by atoms with E-state index < -0.39 is 17.4 Å². The zero-order valence-electron chi connectivity index (χ0n) is 16.9. The van der Waals surface area contributed by atoms with Crippen molar-refractivity contribution in [2.45, 2.75) is 41.0 Å². The van der Waals surface area contributed by atoms with Gasteiger partial charge in [0.15, 0.2) is 11.5 Å². The Bertz CT molecular complexity index is 877. The number of methoxy groups -OCH3 is 2. The van der Waals surface area contributed by atoms with E-state index in [1.54, 1.807) is 33.8 Å². The highest BCUT2D eigenvalue weighted by Crippen LogP contribution is 2.52. The first-order valence-corrected chi connectivity index (χ1v) is 8.75. The Morgan fingerprint density at radius 3 is 2.04 bits per heavy atom. The van der Waals surface area contributed by atoms with Crippen LogP contribution in [0.1, 0.15) is 39.7 Å². The summed E-state index contributed by atoms with van der Waals surface area (Å²) in [7, 11) is 2.89. The van der Waals surface area contributed by atoms with Gasteiger partial charge in [-0.2, -0.15) is 0 Å². The molecule has 0 aliphatic rings. The van der Waals surface area contributed by atoms with Crippen molar-refractivity contribution in [2.75, 3.05) is 14.2 Å². The molecule has 146 valence electrons. The quantitative estimate of drug-likeness (QED) is 0.569. The molecule has 27 heavy (non-hydrogen) atoms. The average Bonchev–Trinajstić information content (AvgIpc) is 2.61. The molecular formula is C21H26O6. The van der Waals surface area contributed by atoms with E-state index in [0.717, 1.165) is 5.56 Å². The van der Waals surface area contributed by atoms with Crippen LogP contribution in [0.15, 0.2) is 18.2 Å². The lowest BCUT2D eigenvalue weighted by Crippen LogP contribution is -2.26. The van der Waals surface area contributed by atoms with Crippen LogP contribution in [-0.4, -0.2) is 26.2 Å². The predicted molar refractivity (Wildman–Crippen MR) is 103 cm³/mol. The molecule has 0 bridgehead atoms. The van der Waals surface area contributed by atoms with Crippen molar-refractivity contribution in [2.24, 2.45) is 5.41 Å². The molecule has 0 unspecified atom stereocenters. The molecule has 0 heterocycles. The van der Waals surface area contributed by atoms with Gasteiger partial charge in [-0.3, -0.25) is 9.59 Å². The molecule has 0 N–H and O–H groups in total. The van der Waals surface area contributed by atoms with Gasteiger partial charge in [-0.05, 0) is 33.3 Å². The van der Waals surface area contributed by atoms with E-state index in [0.29, 0.717) is 10.8 Å². The van der Waals surface area contributed by atoms with Crippen molar-refractivity contribution in [3.63, 3.8) is 0 Å². The molecule has 0 atom stereocenters. The smallest absolute Gasteiger partial charge is 0.316 e. The van der Waals surface area contributed by atoms with Gasteiger partial charge in [0.25, 0.3) is 0 Å². The van der Waals surface area contributed by atoms with E-state index in [-0.39, 0.29) is 29.4 Å². The molecule has 0 saturated heterocycles. The van der Waals surface area contributed by atoms with Crippen LogP contribution in [0.2, 0.25) is 0 Å². The maximum absolute atomic E-state index is 12.6. The maximum atomic E-state index is 12.6. The second kappa shape index (κ2) is 7.86. The first-order chi connectivity index (χ1) is 12.6. The number of hydrogen-bond acceptors (Lipinski definition) is 6. The van der Waals surface area contributed by atoms with E-state index in [2.05, 4.69) is 0 Å². The van der Waals surface area contributed by atoms with Gasteiger partial charge < -0.3 is 18.9 Å². The van der Waals surface area contributed by atoms with Crippen LogP contribution in [0, 0.1) is 12.3 Å². The lowest BCUT2D eigenvalue weighted by atomic mass is 9.97. The monoisotopic (exact) mass is 374 g/mol. The summed E-state index contributed by atoms with van der Waals surface area (Å²) in [5, 5.41) is 1.23. The molecule has 0 saturated carbocycles. The third kappa shape index (κ3) is 3.99. The number of ether oxygens (including phenoxy) is 4. The predicted octanol–water partition coefficient (Wildman–Crippen LogP) is 4.43. The zero-order chi connectivity index (χ0) is 20.4. The molecule has 0 aliphatic carbocycles. The minimum Gasteiger partial charge on any atom is -0.490 e. The van der Waals surface area contributed by atoms with Gasteiger partial charge in [0.05, 0.1) is 19.6 Å². The van der Waals surface area contributed by atoms with E-state index >= 15 is 0 Å². The lowest BCUT2D eigenvalue weighted by Gasteiger charge is -2.22. The summed E-state index contributed by atoms with van der Waals surface area (Å²) in [4.78, 5) is 24.5. The number of aryl methyl sites for hydroxylation is 1. The molecule has 0 amide bonds. The third-order valence-electron chi connectivity index (χ3n) is 4.08. The molecule has 6 nitrogen and oxygen atoms in total. The Hall–Kier alpha value is -2.76. The maximum Gasteiger partial charge on any atom is 0.316 e. The van der Waals surface area contributed by atoms with E-state index in [1.165, 1.54) is 14.2 Å². The topological polar surface area (TPSA) is 71.1 Å². The summed E-state index contributed by atoms with van der Waals surface area (Å²) in [5.41, 5.74) is 0.139. The number of carbonyl (C=O) groups is 2. The molecule has 0 radical (unpaired) electrons. The Kier molecular flexibility index (Phi) is 5.98. The van der Waals surface area contributed by atoms with Gasteiger partial charge in [0.1, 0.15) is 0 Å². The normalized spacial score (nSPS) is 11.2. The molecule has 2 rings (SSSR count). The summed E-state index contributed by atoms with van der Waals surface area (Å²) < 4.78 is 22.3. The van der Waals surface area contributed by atoms with Gasteiger partial charge in [0, 0.05) is 17.2 Å². The van der Waals surface area contributed by atoms with Crippen molar-refractivity contribution in [3.05, 3.63) is 23.8 Å². The fourth-order valence-corrected chi connectivity index (χ4v) is 2.60. The Balaban J connectivity index is 2.88. The number of carbonyl (C=O) groups excluding carboxylic acids is 2. The van der Waals surface area contributed by atoms with Gasteiger partial charge in [-0.15, -0.1) is 0 Å². The highest BCUT2D eigenvalue weighted by molar-refractivity contribution is 6.03. The van der Waals surface area contributed by atoms with Gasteiger partial charge in [-0.1, -0.05) is 25.1 Å². The lowest BCUT2D eigenvalue weighted by molar-refractivity contribution is -0.143. The molecule has 0 aliphatic heterocycles. The fraction of sp³-hybridized carbons (Fsp3) is 0.429. The molecule has 0 fully saturated rings. The van der Waals surface area contributed by atoms with Crippen LogP contribution in [0.25, 0.3) is 10.8 Å². The van der Waals surface area contributed by atoms with E-state index in [4.69, 9.17) is 18.9 Å². The molecule has 2 aromatic rings. The Morgan fingerprint density at radius 2 is 1.52 bits per heavy atom. The minimum atomic E-state index is -0.708. The first-order valence-electron chi connectivity index (χ1n) is 8.75. The Morgan fingerprint density at radius 1 is 0.926 bits per heavy atom. The largest absolute Gasteiger partial charge is 0.490 e.